The second-order valence-electron chi connectivity index (χ2n) is 5.31. The number of anilines is 1. The first-order chi connectivity index (χ1) is 9.98. The standard InChI is InChI=1S/C14H21N3O3S/c15-13-7-2-1-6-12(13)14(18)16-8-9-21(19,20)17-10-11-4-3-5-11/h1-2,6-7,11,17H,3-5,8-10,15H2,(H,16,18). The molecule has 0 aromatic heterocycles. The fraction of sp³-hybridized carbons (Fsp3) is 0.500. The number of nitrogen functional groups attached to an aromatic ring is 1. The monoisotopic (exact) mass is 311 g/mol. The Morgan fingerprint density at radius 1 is 1.29 bits per heavy atom. The van der Waals surface area contributed by atoms with Gasteiger partial charge in [0.15, 0.2) is 0 Å². The number of carbonyl (C=O) groups is 1. The molecule has 1 aliphatic carbocycles. The summed E-state index contributed by atoms with van der Waals surface area (Å²) >= 11 is 0. The fourth-order valence-corrected chi connectivity index (χ4v) is 3.12. The van der Waals surface area contributed by atoms with Crippen LogP contribution in [0.25, 0.3) is 0 Å². The average molecular weight is 311 g/mol. The third-order valence-electron chi connectivity index (χ3n) is 3.68. The normalized spacial score (nSPS) is 15.4. The molecule has 0 spiro atoms. The summed E-state index contributed by atoms with van der Waals surface area (Å²) < 4.78 is 26.1. The average Bonchev–Trinajstić information content (AvgIpc) is 2.36. The molecule has 0 radical (unpaired) electrons. The van der Waals surface area contributed by atoms with Crippen molar-refractivity contribution in [2.75, 3.05) is 24.6 Å². The number of rotatable bonds is 7. The molecular formula is C14H21N3O3S. The Kier molecular flexibility index (Phi) is 5.19. The Labute approximate surface area is 125 Å². The maximum atomic E-state index is 11.9. The van der Waals surface area contributed by atoms with Gasteiger partial charge < -0.3 is 11.1 Å². The van der Waals surface area contributed by atoms with E-state index in [1.165, 1.54) is 6.42 Å². The lowest BCUT2D eigenvalue weighted by atomic mass is 9.86. The minimum atomic E-state index is -3.34. The highest BCUT2D eigenvalue weighted by molar-refractivity contribution is 7.89. The molecule has 1 aromatic carbocycles. The summed E-state index contributed by atoms with van der Waals surface area (Å²) in [5, 5.41) is 2.57. The van der Waals surface area contributed by atoms with Gasteiger partial charge in [-0.15, -0.1) is 0 Å². The van der Waals surface area contributed by atoms with Crippen LogP contribution in [0.4, 0.5) is 5.69 Å². The van der Waals surface area contributed by atoms with Crippen LogP contribution in [0.2, 0.25) is 0 Å². The van der Waals surface area contributed by atoms with Crippen molar-refractivity contribution in [3.63, 3.8) is 0 Å². The van der Waals surface area contributed by atoms with Gasteiger partial charge in [-0.1, -0.05) is 18.6 Å². The second-order valence-corrected chi connectivity index (χ2v) is 7.23. The summed E-state index contributed by atoms with van der Waals surface area (Å²) in [4.78, 5) is 11.9. The highest BCUT2D eigenvalue weighted by Gasteiger charge is 2.20. The number of hydrogen-bond donors (Lipinski definition) is 3. The zero-order chi connectivity index (χ0) is 15.3. The number of hydrogen-bond acceptors (Lipinski definition) is 4. The molecule has 0 saturated heterocycles. The number of para-hydroxylation sites is 1. The lowest BCUT2D eigenvalue weighted by Gasteiger charge is -2.25. The van der Waals surface area contributed by atoms with Crippen molar-refractivity contribution < 1.29 is 13.2 Å². The molecule has 1 amide bonds. The van der Waals surface area contributed by atoms with E-state index in [0.29, 0.717) is 23.7 Å². The van der Waals surface area contributed by atoms with Crippen molar-refractivity contribution in [3.8, 4) is 0 Å². The predicted molar refractivity (Wildman–Crippen MR) is 82.3 cm³/mol. The molecule has 1 saturated carbocycles. The molecular weight excluding hydrogens is 290 g/mol. The minimum absolute atomic E-state index is 0.0627. The van der Waals surface area contributed by atoms with E-state index in [9.17, 15) is 13.2 Å². The number of nitrogens with one attached hydrogen (secondary N) is 2. The van der Waals surface area contributed by atoms with E-state index in [0.717, 1.165) is 12.8 Å². The van der Waals surface area contributed by atoms with E-state index in [1.807, 2.05) is 0 Å². The summed E-state index contributed by atoms with van der Waals surface area (Å²) in [5.41, 5.74) is 6.42. The highest BCUT2D eigenvalue weighted by atomic mass is 32.2. The van der Waals surface area contributed by atoms with Gasteiger partial charge in [-0.3, -0.25) is 4.79 Å². The molecule has 1 fully saturated rings. The molecule has 7 heteroatoms. The van der Waals surface area contributed by atoms with Gasteiger partial charge in [-0.2, -0.15) is 0 Å². The van der Waals surface area contributed by atoms with Gasteiger partial charge in [-0.05, 0) is 30.9 Å². The molecule has 4 N–H and O–H groups in total. The zero-order valence-electron chi connectivity index (χ0n) is 11.8. The number of benzene rings is 1. The van der Waals surface area contributed by atoms with Crippen LogP contribution in [0.5, 0.6) is 0 Å². The zero-order valence-corrected chi connectivity index (χ0v) is 12.7. The molecule has 1 aromatic rings. The van der Waals surface area contributed by atoms with E-state index in [-0.39, 0.29) is 18.2 Å². The summed E-state index contributed by atoms with van der Waals surface area (Å²) in [6.45, 7) is 0.565. The van der Waals surface area contributed by atoms with Crippen molar-refractivity contribution in [3.05, 3.63) is 29.8 Å². The van der Waals surface area contributed by atoms with E-state index >= 15 is 0 Å². The highest BCUT2D eigenvalue weighted by Crippen LogP contribution is 2.25. The van der Waals surface area contributed by atoms with E-state index in [2.05, 4.69) is 10.0 Å². The Balaban J connectivity index is 1.75. The van der Waals surface area contributed by atoms with Gasteiger partial charge in [0.2, 0.25) is 10.0 Å². The fourth-order valence-electron chi connectivity index (χ4n) is 2.11. The SMILES string of the molecule is Nc1ccccc1C(=O)NCCS(=O)(=O)NCC1CCC1. The van der Waals surface area contributed by atoms with Crippen LogP contribution in [0.3, 0.4) is 0 Å². The quantitative estimate of drug-likeness (QED) is 0.646. The molecule has 116 valence electrons. The maximum Gasteiger partial charge on any atom is 0.253 e. The van der Waals surface area contributed by atoms with Crippen LogP contribution in [-0.2, 0) is 10.0 Å². The van der Waals surface area contributed by atoms with Crippen LogP contribution >= 0.6 is 0 Å². The molecule has 0 heterocycles. The number of carbonyl (C=O) groups excluding carboxylic acids is 1. The van der Waals surface area contributed by atoms with Crippen LogP contribution in [0, 0.1) is 5.92 Å². The smallest absolute Gasteiger partial charge is 0.253 e. The third kappa shape index (κ3) is 4.71. The van der Waals surface area contributed by atoms with E-state index in [1.54, 1.807) is 24.3 Å². The van der Waals surface area contributed by atoms with Crippen molar-refractivity contribution in [2.45, 2.75) is 19.3 Å². The van der Waals surface area contributed by atoms with Crippen molar-refractivity contribution in [1.29, 1.82) is 0 Å². The van der Waals surface area contributed by atoms with Crippen LogP contribution in [0.15, 0.2) is 24.3 Å². The number of amides is 1. The van der Waals surface area contributed by atoms with Crippen molar-refractivity contribution in [2.24, 2.45) is 5.92 Å². The molecule has 0 bridgehead atoms. The van der Waals surface area contributed by atoms with Gasteiger partial charge in [-0.25, -0.2) is 13.1 Å². The molecule has 1 aliphatic rings. The van der Waals surface area contributed by atoms with Gasteiger partial charge in [0.25, 0.3) is 5.91 Å². The molecule has 0 aliphatic heterocycles. The van der Waals surface area contributed by atoms with Gasteiger partial charge in [0.1, 0.15) is 0 Å². The third-order valence-corrected chi connectivity index (χ3v) is 5.03. The van der Waals surface area contributed by atoms with Crippen LogP contribution in [-0.4, -0.2) is 33.2 Å². The van der Waals surface area contributed by atoms with Crippen LogP contribution in [0.1, 0.15) is 29.6 Å². The first kappa shape index (κ1) is 15.8. The lowest BCUT2D eigenvalue weighted by molar-refractivity contribution is 0.0957. The van der Waals surface area contributed by atoms with Crippen molar-refractivity contribution >= 4 is 21.6 Å². The van der Waals surface area contributed by atoms with Gasteiger partial charge in [0.05, 0.1) is 11.3 Å². The molecule has 2 rings (SSSR count). The Bertz CT molecular complexity index is 597. The maximum absolute atomic E-state index is 11.9. The number of sulfonamides is 1. The first-order valence-corrected chi connectivity index (χ1v) is 8.73. The molecule has 0 unspecified atom stereocenters. The lowest BCUT2D eigenvalue weighted by Crippen LogP contribution is -2.37. The predicted octanol–water partition coefficient (Wildman–Crippen LogP) is 0.718. The van der Waals surface area contributed by atoms with E-state index in [4.69, 9.17) is 5.73 Å². The van der Waals surface area contributed by atoms with E-state index < -0.39 is 10.0 Å². The molecule has 0 atom stereocenters. The molecule has 21 heavy (non-hydrogen) atoms. The second kappa shape index (κ2) is 6.91. The summed E-state index contributed by atoms with van der Waals surface area (Å²) in [6.07, 6.45) is 3.36. The summed E-state index contributed by atoms with van der Waals surface area (Å²) in [7, 11) is -3.34. The Morgan fingerprint density at radius 3 is 2.62 bits per heavy atom. The largest absolute Gasteiger partial charge is 0.398 e. The Morgan fingerprint density at radius 2 is 2.00 bits per heavy atom. The summed E-state index contributed by atoms with van der Waals surface area (Å²) in [5.74, 6) is -0.0150. The van der Waals surface area contributed by atoms with Crippen LogP contribution < -0.4 is 15.8 Å². The first-order valence-electron chi connectivity index (χ1n) is 7.08. The van der Waals surface area contributed by atoms with Gasteiger partial charge >= 0.3 is 0 Å². The molecule has 6 nitrogen and oxygen atoms in total. The van der Waals surface area contributed by atoms with Gasteiger partial charge in [0, 0.05) is 18.8 Å². The topological polar surface area (TPSA) is 101 Å². The minimum Gasteiger partial charge on any atom is -0.398 e. The Hall–Kier alpha value is -1.60. The number of nitrogens with two attached hydrogens (primary N) is 1. The summed E-state index contributed by atoms with van der Waals surface area (Å²) in [6, 6.07) is 6.68. The van der Waals surface area contributed by atoms with Crippen molar-refractivity contribution in [1.82, 2.24) is 10.0 Å².